The van der Waals surface area contributed by atoms with Gasteiger partial charge in [0.15, 0.2) is 0 Å². The van der Waals surface area contributed by atoms with Crippen molar-refractivity contribution in [2.45, 2.75) is 64.2 Å². The molecule has 0 aliphatic heterocycles. The number of allylic oxidation sites excluding steroid dienone is 1. The second-order valence-electron chi connectivity index (χ2n) is 9.43. The van der Waals surface area contributed by atoms with Crippen LogP contribution < -0.4 is 0 Å². The molecule has 30 heavy (non-hydrogen) atoms. The molecule has 4 atom stereocenters. The molecule has 1 heteroatoms. The topological polar surface area (TPSA) is 0 Å². The van der Waals surface area contributed by atoms with Crippen molar-refractivity contribution in [2.24, 2.45) is 17.8 Å². The number of benzene rings is 2. The van der Waals surface area contributed by atoms with Gasteiger partial charge in [0.05, 0.1) is 5.56 Å². The molecule has 156 valence electrons. The van der Waals surface area contributed by atoms with E-state index in [1.807, 2.05) is 30.3 Å². The number of fused-ring (bicyclic) bond motifs is 1. The van der Waals surface area contributed by atoms with Gasteiger partial charge in [-0.05, 0) is 105 Å². The molecule has 0 nitrogen and oxygen atoms in total. The number of hydrogen-bond acceptors (Lipinski definition) is 0. The SMILES string of the molecule is C=CCCC1CCC2CC(c3ccc(C#Cc4ccc(C)cc4)c(F)c3)CCC2C1. The molecule has 0 radical (unpaired) electrons. The van der Waals surface area contributed by atoms with Gasteiger partial charge in [-0.3, -0.25) is 0 Å². The summed E-state index contributed by atoms with van der Waals surface area (Å²) < 4.78 is 14.8. The Morgan fingerprint density at radius 3 is 2.50 bits per heavy atom. The Bertz CT molecular complexity index is 927. The van der Waals surface area contributed by atoms with Crippen molar-refractivity contribution < 1.29 is 4.39 Å². The number of rotatable bonds is 4. The molecule has 4 rings (SSSR count). The van der Waals surface area contributed by atoms with Gasteiger partial charge in [-0.15, -0.1) is 6.58 Å². The zero-order valence-corrected chi connectivity index (χ0v) is 18.2. The van der Waals surface area contributed by atoms with Crippen LogP contribution >= 0.6 is 0 Å². The highest BCUT2D eigenvalue weighted by Crippen LogP contribution is 2.48. The Morgan fingerprint density at radius 1 is 0.967 bits per heavy atom. The average molecular weight is 401 g/mol. The Kier molecular flexibility index (Phi) is 6.73. The van der Waals surface area contributed by atoms with Crippen molar-refractivity contribution in [1.82, 2.24) is 0 Å². The molecule has 4 unspecified atom stereocenters. The van der Waals surface area contributed by atoms with Gasteiger partial charge in [-0.25, -0.2) is 4.39 Å². The lowest BCUT2D eigenvalue weighted by atomic mass is 9.63. The van der Waals surface area contributed by atoms with Gasteiger partial charge in [0.25, 0.3) is 0 Å². The Morgan fingerprint density at radius 2 is 1.73 bits per heavy atom. The summed E-state index contributed by atoms with van der Waals surface area (Å²) in [5, 5.41) is 0. The van der Waals surface area contributed by atoms with Gasteiger partial charge >= 0.3 is 0 Å². The lowest BCUT2D eigenvalue weighted by Gasteiger charge is -2.42. The molecule has 2 aliphatic carbocycles. The Labute approximate surface area is 181 Å². The van der Waals surface area contributed by atoms with Gasteiger partial charge in [0.1, 0.15) is 5.82 Å². The first-order valence-corrected chi connectivity index (χ1v) is 11.6. The van der Waals surface area contributed by atoms with E-state index in [4.69, 9.17) is 0 Å². The van der Waals surface area contributed by atoms with Gasteiger partial charge in [-0.2, -0.15) is 0 Å². The first-order chi connectivity index (χ1) is 14.6. The third-order valence-electron chi connectivity index (χ3n) is 7.36. The number of aryl methyl sites for hydroxylation is 1. The summed E-state index contributed by atoms with van der Waals surface area (Å²) in [4.78, 5) is 0. The van der Waals surface area contributed by atoms with Crippen LogP contribution in [-0.4, -0.2) is 0 Å². The molecular weight excluding hydrogens is 367 g/mol. The molecule has 0 spiro atoms. The quantitative estimate of drug-likeness (QED) is 0.363. The minimum atomic E-state index is -0.178. The molecule has 0 bridgehead atoms. The van der Waals surface area contributed by atoms with Crippen molar-refractivity contribution >= 4 is 0 Å². The fraction of sp³-hybridized carbons (Fsp3) is 0.448. The van der Waals surface area contributed by atoms with Crippen molar-refractivity contribution in [1.29, 1.82) is 0 Å². The largest absolute Gasteiger partial charge is 0.206 e. The van der Waals surface area contributed by atoms with Crippen LogP contribution in [0.3, 0.4) is 0 Å². The van der Waals surface area contributed by atoms with E-state index in [0.29, 0.717) is 11.5 Å². The predicted molar refractivity (Wildman–Crippen MR) is 124 cm³/mol. The highest BCUT2D eigenvalue weighted by atomic mass is 19.1. The van der Waals surface area contributed by atoms with Crippen molar-refractivity contribution in [3.8, 4) is 11.8 Å². The van der Waals surface area contributed by atoms with Crippen molar-refractivity contribution in [3.05, 3.63) is 83.2 Å². The predicted octanol–water partition coefficient (Wildman–Crippen LogP) is 7.80. The standard InChI is InChI=1S/C29H33F/c1-3-4-5-23-11-13-26-19-27(17-16-25(26)18-23)28-15-14-24(29(30)20-28)12-10-22-8-6-21(2)7-9-22/h3,6-9,14-15,20,23,25-27H,1,4-5,11,13,16-19H2,2H3. The summed E-state index contributed by atoms with van der Waals surface area (Å²) in [5.74, 6) is 9.03. The van der Waals surface area contributed by atoms with Crippen molar-refractivity contribution in [3.63, 3.8) is 0 Å². The van der Waals surface area contributed by atoms with Gasteiger partial charge in [0.2, 0.25) is 0 Å². The first kappa shape index (κ1) is 20.9. The maximum Gasteiger partial charge on any atom is 0.139 e. The van der Waals surface area contributed by atoms with Crippen LogP contribution in [0.25, 0.3) is 0 Å². The van der Waals surface area contributed by atoms with E-state index < -0.39 is 0 Å². The monoisotopic (exact) mass is 400 g/mol. The maximum absolute atomic E-state index is 14.8. The maximum atomic E-state index is 14.8. The highest BCUT2D eigenvalue weighted by molar-refractivity contribution is 5.45. The fourth-order valence-electron chi connectivity index (χ4n) is 5.57. The second-order valence-corrected chi connectivity index (χ2v) is 9.43. The van der Waals surface area contributed by atoms with Crippen LogP contribution in [0.2, 0.25) is 0 Å². The van der Waals surface area contributed by atoms with E-state index in [-0.39, 0.29) is 5.82 Å². The molecule has 0 heterocycles. The molecule has 0 aromatic heterocycles. The third kappa shape index (κ3) is 5.04. The molecule has 0 saturated heterocycles. The fourth-order valence-corrected chi connectivity index (χ4v) is 5.57. The van der Waals surface area contributed by atoms with Crippen LogP contribution in [0.4, 0.5) is 4.39 Å². The molecule has 2 aromatic rings. The van der Waals surface area contributed by atoms with Crippen LogP contribution in [0.15, 0.2) is 55.1 Å². The number of hydrogen-bond donors (Lipinski definition) is 0. The molecule has 0 amide bonds. The van der Waals surface area contributed by atoms with Crippen LogP contribution in [0, 0.1) is 42.3 Å². The lowest BCUT2D eigenvalue weighted by Crippen LogP contribution is -2.30. The first-order valence-electron chi connectivity index (χ1n) is 11.6. The van der Waals surface area contributed by atoms with E-state index in [0.717, 1.165) is 29.7 Å². The van der Waals surface area contributed by atoms with E-state index >= 15 is 0 Å². The second kappa shape index (κ2) is 9.65. The Hall–Kier alpha value is -2.33. The van der Waals surface area contributed by atoms with Crippen LogP contribution in [0.1, 0.15) is 79.5 Å². The van der Waals surface area contributed by atoms with Gasteiger partial charge < -0.3 is 0 Å². The minimum absolute atomic E-state index is 0.178. The molecule has 2 saturated carbocycles. The van der Waals surface area contributed by atoms with E-state index in [1.54, 1.807) is 6.07 Å². The average Bonchev–Trinajstić information content (AvgIpc) is 2.77. The summed E-state index contributed by atoms with van der Waals surface area (Å²) in [6.07, 6.45) is 12.4. The van der Waals surface area contributed by atoms with E-state index in [2.05, 4.69) is 37.5 Å². The summed E-state index contributed by atoms with van der Waals surface area (Å²) in [6, 6.07) is 13.8. The molecule has 2 fully saturated rings. The highest BCUT2D eigenvalue weighted by Gasteiger charge is 2.35. The summed E-state index contributed by atoms with van der Waals surface area (Å²) in [6.45, 7) is 5.93. The molecular formula is C29H33F. The Balaban J connectivity index is 1.39. The van der Waals surface area contributed by atoms with Crippen LogP contribution in [0.5, 0.6) is 0 Å². The van der Waals surface area contributed by atoms with E-state index in [9.17, 15) is 4.39 Å². The summed E-state index contributed by atoms with van der Waals surface area (Å²) >= 11 is 0. The summed E-state index contributed by atoms with van der Waals surface area (Å²) in [7, 11) is 0. The summed E-state index contributed by atoms with van der Waals surface area (Å²) in [5.41, 5.74) is 3.79. The van der Waals surface area contributed by atoms with Crippen LogP contribution in [-0.2, 0) is 0 Å². The minimum Gasteiger partial charge on any atom is -0.206 e. The lowest BCUT2D eigenvalue weighted by molar-refractivity contribution is 0.115. The smallest absolute Gasteiger partial charge is 0.139 e. The van der Waals surface area contributed by atoms with Gasteiger partial charge in [-0.1, -0.05) is 48.1 Å². The molecule has 2 aliphatic rings. The number of halogens is 1. The van der Waals surface area contributed by atoms with Gasteiger partial charge in [0, 0.05) is 5.56 Å². The van der Waals surface area contributed by atoms with Crippen molar-refractivity contribution in [2.75, 3.05) is 0 Å². The zero-order chi connectivity index (χ0) is 20.9. The molecule has 0 N–H and O–H groups in total. The molecule has 2 aromatic carbocycles. The zero-order valence-electron chi connectivity index (χ0n) is 18.2. The normalized spacial score (nSPS) is 25.7. The van der Waals surface area contributed by atoms with E-state index in [1.165, 1.54) is 56.1 Å². The third-order valence-corrected chi connectivity index (χ3v) is 7.36.